The minimum absolute atomic E-state index is 0.0152. The second-order valence-corrected chi connectivity index (χ2v) is 6.11. The highest BCUT2D eigenvalue weighted by molar-refractivity contribution is 7.91. The van der Waals surface area contributed by atoms with Crippen molar-refractivity contribution in [2.24, 2.45) is 0 Å². The summed E-state index contributed by atoms with van der Waals surface area (Å²) in [5.74, 6) is -0.213. The van der Waals surface area contributed by atoms with Crippen molar-refractivity contribution in [1.29, 1.82) is 0 Å². The van der Waals surface area contributed by atoms with Gasteiger partial charge < -0.3 is 5.32 Å². The highest BCUT2D eigenvalue weighted by Crippen LogP contribution is 2.27. The van der Waals surface area contributed by atoms with E-state index < -0.39 is 20.4 Å². The Labute approximate surface area is 108 Å². The topological polar surface area (TPSA) is 115 Å². The molecule has 1 N–H and O–H groups in total. The van der Waals surface area contributed by atoms with Crippen molar-refractivity contribution in [2.45, 2.75) is 6.92 Å². The third-order valence-corrected chi connectivity index (χ3v) is 4.09. The summed E-state index contributed by atoms with van der Waals surface area (Å²) in [7, 11) is -3.14. The van der Waals surface area contributed by atoms with Gasteiger partial charge in [-0.15, -0.1) is 0 Å². The largest absolute Gasteiger partial charge is 0.363 e. The molecule has 0 saturated heterocycles. The van der Waals surface area contributed by atoms with Crippen molar-refractivity contribution in [2.75, 3.05) is 23.4 Å². The molecule has 0 fully saturated rings. The van der Waals surface area contributed by atoms with Crippen LogP contribution in [0.5, 0.6) is 0 Å². The standard InChI is InChI=1S/C8H11ClN4O4S/c1-2-18(16,17)4-3-10-8-6(13(14)15)7(9)11-5-12-8/h5H,2-4H2,1H3,(H,10,11,12). The summed E-state index contributed by atoms with van der Waals surface area (Å²) in [6, 6.07) is 0. The first-order valence-corrected chi connectivity index (χ1v) is 7.16. The molecule has 0 aliphatic heterocycles. The Balaban J connectivity index is 2.80. The lowest BCUT2D eigenvalue weighted by Crippen LogP contribution is -2.18. The summed E-state index contributed by atoms with van der Waals surface area (Å²) in [5.41, 5.74) is -0.465. The average molecular weight is 295 g/mol. The number of halogens is 1. The predicted octanol–water partition coefficient (Wildman–Crippen LogP) is 0.885. The minimum atomic E-state index is -3.14. The number of aromatic nitrogens is 2. The lowest BCUT2D eigenvalue weighted by atomic mass is 10.5. The van der Waals surface area contributed by atoms with Gasteiger partial charge in [0, 0.05) is 12.3 Å². The maximum absolute atomic E-state index is 11.2. The summed E-state index contributed by atoms with van der Waals surface area (Å²) in [6.07, 6.45) is 1.06. The van der Waals surface area contributed by atoms with E-state index in [1.165, 1.54) is 6.92 Å². The Kier molecular flexibility index (Phi) is 4.79. The molecule has 0 radical (unpaired) electrons. The zero-order valence-corrected chi connectivity index (χ0v) is 11.0. The van der Waals surface area contributed by atoms with E-state index >= 15 is 0 Å². The first-order valence-electron chi connectivity index (χ1n) is 4.96. The van der Waals surface area contributed by atoms with Gasteiger partial charge in [0.1, 0.15) is 6.33 Å². The van der Waals surface area contributed by atoms with Gasteiger partial charge in [-0.1, -0.05) is 18.5 Å². The zero-order chi connectivity index (χ0) is 13.8. The Morgan fingerprint density at radius 2 is 2.17 bits per heavy atom. The zero-order valence-electron chi connectivity index (χ0n) is 9.46. The van der Waals surface area contributed by atoms with Crippen molar-refractivity contribution in [1.82, 2.24) is 9.97 Å². The number of hydrogen-bond acceptors (Lipinski definition) is 7. The van der Waals surface area contributed by atoms with Crippen LogP contribution in [0, 0.1) is 10.1 Å². The number of nitrogens with zero attached hydrogens (tertiary/aromatic N) is 3. The van der Waals surface area contributed by atoms with Crippen LogP contribution in [0.4, 0.5) is 11.5 Å². The molecule has 0 bridgehead atoms. The van der Waals surface area contributed by atoms with Crippen LogP contribution in [0.2, 0.25) is 5.15 Å². The second-order valence-electron chi connectivity index (χ2n) is 3.28. The van der Waals surface area contributed by atoms with Crippen LogP contribution in [-0.2, 0) is 9.84 Å². The molecule has 10 heteroatoms. The van der Waals surface area contributed by atoms with Gasteiger partial charge in [0.25, 0.3) is 0 Å². The fourth-order valence-corrected chi connectivity index (χ4v) is 2.02. The van der Waals surface area contributed by atoms with Crippen LogP contribution in [0.1, 0.15) is 6.92 Å². The molecule has 1 aromatic heterocycles. The maximum Gasteiger partial charge on any atom is 0.348 e. The molecule has 1 rings (SSSR count). The fourth-order valence-electron chi connectivity index (χ4n) is 1.12. The number of nitro groups is 1. The van der Waals surface area contributed by atoms with Crippen LogP contribution in [-0.4, -0.2) is 41.4 Å². The number of rotatable bonds is 6. The molecule has 0 amide bonds. The SMILES string of the molecule is CCS(=O)(=O)CCNc1ncnc(Cl)c1[N+](=O)[O-]. The molecule has 100 valence electrons. The van der Waals surface area contributed by atoms with Gasteiger partial charge in [0.05, 0.1) is 10.7 Å². The average Bonchev–Trinajstić information content (AvgIpc) is 2.28. The summed E-state index contributed by atoms with van der Waals surface area (Å²) < 4.78 is 22.5. The van der Waals surface area contributed by atoms with Crippen molar-refractivity contribution >= 4 is 32.9 Å². The molecule has 1 heterocycles. The van der Waals surface area contributed by atoms with Crippen LogP contribution >= 0.6 is 11.6 Å². The molecular formula is C8H11ClN4O4S. The van der Waals surface area contributed by atoms with E-state index in [1.807, 2.05) is 0 Å². The normalized spacial score (nSPS) is 11.2. The van der Waals surface area contributed by atoms with Crippen molar-refractivity contribution < 1.29 is 13.3 Å². The monoisotopic (exact) mass is 294 g/mol. The fraction of sp³-hybridized carbons (Fsp3) is 0.500. The molecule has 0 aliphatic rings. The van der Waals surface area contributed by atoms with Gasteiger partial charge in [0.15, 0.2) is 9.84 Å². The minimum Gasteiger partial charge on any atom is -0.363 e. The van der Waals surface area contributed by atoms with Crippen LogP contribution in [0.15, 0.2) is 6.33 Å². The second kappa shape index (κ2) is 5.91. The maximum atomic E-state index is 11.2. The Hall–Kier alpha value is -1.48. The van der Waals surface area contributed by atoms with Crippen LogP contribution < -0.4 is 5.32 Å². The van der Waals surface area contributed by atoms with Gasteiger partial charge in [-0.05, 0) is 0 Å². The summed E-state index contributed by atoms with van der Waals surface area (Å²) in [6.45, 7) is 1.55. The quantitative estimate of drug-likeness (QED) is 0.470. The van der Waals surface area contributed by atoms with Crippen molar-refractivity contribution in [3.05, 3.63) is 21.6 Å². The first kappa shape index (κ1) is 14.6. The van der Waals surface area contributed by atoms with E-state index in [-0.39, 0.29) is 29.0 Å². The van der Waals surface area contributed by atoms with Crippen molar-refractivity contribution in [3.8, 4) is 0 Å². The summed E-state index contributed by atoms with van der Waals surface area (Å²) in [4.78, 5) is 17.2. The Morgan fingerprint density at radius 3 is 2.72 bits per heavy atom. The molecular weight excluding hydrogens is 284 g/mol. The Morgan fingerprint density at radius 1 is 1.50 bits per heavy atom. The molecule has 8 nitrogen and oxygen atoms in total. The van der Waals surface area contributed by atoms with E-state index in [0.717, 1.165) is 6.33 Å². The Bertz CT molecular complexity index is 548. The highest BCUT2D eigenvalue weighted by atomic mass is 35.5. The number of hydrogen-bond donors (Lipinski definition) is 1. The summed E-state index contributed by atoms with van der Waals surface area (Å²) in [5, 5.41) is 13.0. The number of sulfone groups is 1. The molecule has 0 atom stereocenters. The lowest BCUT2D eigenvalue weighted by Gasteiger charge is -2.06. The lowest BCUT2D eigenvalue weighted by molar-refractivity contribution is -0.384. The van der Waals surface area contributed by atoms with E-state index in [0.29, 0.717) is 0 Å². The number of anilines is 1. The van der Waals surface area contributed by atoms with Gasteiger partial charge in [-0.2, -0.15) is 0 Å². The predicted molar refractivity (Wildman–Crippen MR) is 66.5 cm³/mol. The molecule has 0 aliphatic carbocycles. The molecule has 1 aromatic rings. The van der Waals surface area contributed by atoms with E-state index in [4.69, 9.17) is 11.6 Å². The van der Waals surface area contributed by atoms with Gasteiger partial charge in [-0.3, -0.25) is 10.1 Å². The number of nitrogens with one attached hydrogen (secondary N) is 1. The molecule has 0 unspecified atom stereocenters. The van der Waals surface area contributed by atoms with Crippen molar-refractivity contribution in [3.63, 3.8) is 0 Å². The third kappa shape index (κ3) is 3.77. The molecule has 0 aromatic carbocycles. The first-order chi connectivity index (χ1) is 8.37. The highest BCUT2D eigenvalue weighted by Gasteiger charge is 2.21. The van der Waals surface area contributed by atoms with E-state index in [1.54, 1.807) is 0 Å². The van der Waals surface area contributed by atoms with Gasteiger partial charge in [0.2, 0.25) is 11.0 Å². The van der Waals surface area contributed by atoms with E-state index in [2.05, 4.69) is 15.3 Å². The smallest absolute Gasteiger partial charge is 0.348 e. The summed E-state index contributed by atoms with van der Waals surface area (Å²) >= 11 is 5.57. The molecule has 0 saturated carbocycles. The van der Waals surface area contributed by atoms with E-state index in [9.17, 15) is 18.5 Å². The van der Waals surface area contributed by atoms with Gasteiger partial charge in [-0.25, -0.2) is 18.4 Å². The van der Waals surface area contributed by atoms with Crippen LogP contribution in [0.3, 0.4) is 0 Å². The molecule has 18 heavy (non-hydrogen) atoms. The third-order valence-electron chi connectivity index (χ3n) is 2.11. The van der Waals surface area contributed by atoms with Crippen LogP contribution in [0.25, 0.3) is 0 Å². The molecule has 0 spiro atoms. The van der Waals surface area contributed by atoms with Gasteiger partial charge >= 0.3 is 5.69 Å².